The second-order valence-corrected chi connectivity index (χ2v) is 7.06. The summed E-state index contributed by atoms with van der Waals surface area (Å²) >= 11 is 0. The van der Waals surface area contributed by atoms with E-state index in [1.807, 2.05) is 4.90 Å². The number of rotatable bonds is 3. The highest BCUT2D eigenvalue weighted by atomic mass is 19.1. The lowest BCUT2D eigenvalue weighted by Crippen LogP contribution is -2.49. The van der Waals surface area contributed by atoms with Crippen LogP contribution in [0.2, 0.25) is 0 Å². The molecule has 29 heavy (non-hydrogen) atoms. The third-order valence-electron chi connectivity index (χ3n) is 5.28. The fraction of sp³-hybridized carbons (Fsp3) is 0.381. The van der Waals surface area contributed by atoms with Crippen molar-refractivity contribution in [3.05, 3.63) is 59.7 Å². The van der Waals surface area contributed by atoms with Crippen LogP contribution in [0.15, 0.2) is 42.6 Å². The molecule has 2 fully saturated rings. The second kappa shape index (κ2) is 8.57. The lowest BCUT2D eigenvalue weighted by molar-refractivity contribution is 0.0303. The number of halogens is 1. The normalized spacial score (nSPS) is 17.3. The molecule has 2 amide bonds. The van der Waals surface area contributed by atoms with E-state index in [4.69, 9.17) is 4.74 Å². The first-order valence-corrected chi connectivity index (χ1v) is 9.75. The Bertz CT molecular complexity index is 893. The molecular formula is C21H23FN4O3. The molecule has 0 N–H and O–H groups in total. The van der Waals surface area contributed by atoms with Crippen LogP contribution >= 0.6 is 0 Å². The van der Waals surface area contributed by atoms with E-state index < -0.39 is 0 Å². The molecule has 2 aliphatic heterocycles. The maximum absolute atomic E-state index is 14.0. The smallest absolute Gasteiger partial charge is 0.272 e. The van der Waals surface area contributed by atoms with E-state index in [0.717, 1.165) is 0 Å². The zero-order valence-electron chi connectivity index (χ0n) is 16.1. The van der Waals surface area contributed by atoms with Crippen LogP contribution < -0.4 is 4.90 Å². The molecule has 7 nitrogen and oxygen atoms in total. The van der Waals surface area contributed by atoms with Crippen molar-refractivity contribution in [2.45, 2.75) is 0 Å². The molecule has 8 heteroatoms. The number of amides is 2. The van der Waals surface area contributed by atoms with Crippen LogP contribution in [0.1, 0.15) is 20.8 Å². The Hall–Kier alpha value is -3.00. The summed E-state index contributed by atoms with van der Waals surface area (Å²) in [7, 11) is 0. The van der Waals surface area contributed by atoms with E-state index in [1.54, 1.807) is 40.1 Å². The third kappa shape index (κ3) is 4.22. The van der Waals surface area contributed by atoms with Crippen LogP contribution in [0.5, 0.6) is 0 Å². The molecule has 0 saturated carbocycles. The quantitative estimate of drug-likeness (QED) is 0.787. The van der Waals surface area contributed by atoms with Gasteiger partial charge in [0.15, 0.2) is 0 Å². The summed E-state index contributed by atoms with van der Waals surface area (Å²) < 4.78 is 19.3. The molecule has 0 bridgehead atoms. The fourth-order valence-corrected chi connectivity index (χ4v) is 3.65. The molecule has 1 aromatic heterocycles. The number of para-hydroxylation sites is 1. The molecule has 0 aliphatic carbocycles. The molecule has 2 saturated heterocycles. The zero-order valence-corrected chi connectivity index (χ0v) is 16.1. The van der Waals surface area contributed by atoms with Crippen molar-refractivity contribution >= 4 is 17.5 Å². The minimum absolute atomic E-state index is 0.117. The molecule has 0 unspecified atom stereocenters. The summed E-state index contributed by atoms with van der Waals surface area (Å²) in [6.07, 6.45) is 1.50. The van der Waals surface area contributed by atoms with Gasteiger partial charge in [-0.2, -0.15) is 0 Å². The van der Waals surface area contributed by atoms with Gasteiger partial charge in [0.05, 0.1) is 18.9 Å². The summed E-state index contributed by atoms with van der Waals surface area (Å²) in [4.78, 5) is 35.1. The molecule has 0 spiro atoms. The standard InChI is InChI=1S/C21H23FN4O3/c22-17-3-1-2-4-19(17)24-7-9-25(10-8-24)21(28)18-15-16(5-6-23-18)20(27)26-11-13-29-14-12-26/h1-6,15H,7-14H2. The Labute approximate surface area is 168 Å². The lowest BCUT2D eigenvalue weighted by Gasteiger charge is -2.36. The van der Waals surface area contributed by atoms with Gasteiger partial charge < -0.3 is 19.4 Å². The van der Waals surface area contributed by atoms with Gasteiger partial charge in [-0.25, -0.2) is 4.39 Å². The molecule has 3 heterocycles. The Balaban J connectivity index is 1.41. The summed E-state index contributed by atoms with van der Waals surface area (Å²) in [6.45, 7) is 4.15. The van der Waals surface area contributed by atoms with Crippen molar-refractivity contribution in [2.24, 2.45) is 0 Å². The van der Waals surface area contributed by atoms with Gasteiger partial charge in [-0.15, -0.1) is 0 Å². The van der Waals surface area contributed by atoms with Crippen molar-refractivity contribution in [2.75, 3.05) is 57.4 Å². The van der Waals surface area contributed by atoms with Gasteiger partial charge >= 0.3 is 0 Å². The topological polar surface area (TPSA) is 66.0 Å². The van der Waals surface area contributed by atoms with E-state index in [0.29, 0.717) is 63.7 Å². The predicted octanol–water partition coefficient (Wildman–Crippen LogP) is 1.66. The molecule has 2 aliphatic rings. The largest absolute Gasteiger partial charge is 0.378 e. The van der Waals surface area contributed by atoms with Crippen LogP contribution in [0.25, 0.3) is 0 Å². The van der Waals surface area contributed by atoms with Crippen LogP contribution in [-0.4, -0.2) is 79.1 Å². The molecule has 0 atom stereocenters. The third-order valence-corrected chi connectivity index (χ3v) is 5.28. The van der Waals surface area contributed by atoms with Crippen molar-refractivity contribution < 1.29 is 18.7 Å². The van der Waals surface area contributed by atoms with E-state index in [2.05, 4.69) is 4.98 Å². The number of hydrogen-bond donors (Lipinski definition) is 0. The number of hydrogen-bond acceptors (Lipinski definition) is 5. The lowest BCUT2D eigenvalue weighted by atomic mass is 10.1. The maximum atomic E-state index is 14.0. The monoisotopic (exact) mass is 398 g/mol. The van der Waals surface area contributed by atoms with E-state index in [1.165, 1.54) is 12.3 Å². The minimum atomic E-state index is -0.261. The van der Waals surface area contributed by atoms with Crippen LogP contribution in [-0.2, 0) is 4.74 Å². The summed E-state index contributed by atoms with van der Waals surface area (Å²) in [5.74, 6) is -0.591. The molecular weight excluding hydrogens is 375 g/mol. The van der Waals surface area contributed by atoms with Crippen molar-refractivity contribution in [1.82, 2.24) is 14.8 Å². The van der Waals surface area contributed by atoms with Gasteiger partial charge in [0.2, 0.25) is 0 Å². The van der Waals surface area contributed by atoms with Crippen molar-refractivity contribution in [3.8, 4) is 0 Å². The van der Waals surface area contributed by atoms with E-state index in [9.17, 15) is 14.0 Å². The molecule has 0 radical (unpaired) electrons. The van der Waals surface area contributed by atoms with Crippen molar-refractivity contribution in [3.63, 3.8) is 0 Å². The maximum Gasteiger partial charge on any atom is 0.272 e. The summed E-state index contributed by atoms with van der Waals surface area (Å²) in [5, 5.41) is 0. The number of nitrogens with zero attached hydrogens (tertiary/aromatic N) is 4. The highest BCUT2D eigenvalue weighted by molar-refractivity contribution is 5.98. The first-order valence-electron chi connectivity index (χ1n) is 9.75. The average molecular weight is 398 g/mol. The highest BCUT2D eigenvalue weighted by Crippen LogP contribution is 2.21. The molecule has 1 aromatic carbocycles. The molecule has 152 valence electrons. The molecule has 4 rings (SSSR count). The first-order chi connectivity index (χ1) is 14.1. The number of aromatic nitrogens is 1. The van der Waals surface area contributed by atoms with Crippen LogP contribution in [0, 0.1) is 5.82 Å². The number of pyridine rings is 1. The van der Waals surface area contributed by atoms with Gasteiger partial charge in [-0.05, 0) is 24.3 Å². The number of carbonyl (C=O) groups excluding carboxylic acids is 2. The summed E-state index contributed by atoms with van der Waals surface area (Å²) in [6, 6.07) is 9.84. The van der Waals surface area contributed by atoms with E-state index in [-0.39, 0.29) is 23.3 Å². The number of morpholine rings is 1. The van der Waals surface area contributed by atoms with Gasteiger partial charge in [0, 0.05) is 51.0 Å². The van der Waals surface area contributed by atoms with Gasteiger partial charge in [0.1, 0.15) is 11.5 Å². The van der Waals surface area contributed by atoms with Gasteiger partial charge in [0.25, 0.3) is 11.8 Å². The highest BCUT2D eigenvalue weighted by Gasteiger charge is 2.25. The second-order valence-electron chi connectivity index (χ2n) is 7.06. The fourth-order valence-electron chi connectivity index (χ4n) is 3.65. The predicted molar refractivity (Wildman–Crippen MR) is 105 cm³/mol. The number of anilines is 1. The zero-order chi connectivity index (χ0) is 20.2. The Morgan fingerprint density at radius 3 is 2.31 bits per heavy atom. The SMILES string of the molecule is O=C(c1ccnc(C(=O)N2CCN(c3ccccc3F)CC2)c1)N1CCOCC1. The van der Waals surface area contributed by atoms with Crippen LogP contribution in [0.4, 0.5) is 10.1 Å². The Morgan fingerprint density at radius 2 is 1.59 bits per heavy atom. The summed E-state index contributed by atoms with van der Waals surface area (Å²) in [5.41, 5.74) is 1.26. The first kappa shape index (κ1) is 19.3. The number of benzene rings is 1. The number of piperazine rings is 1. The minimum Gasteiger partial charge on any atom is -0.378 e. The molecule has 2 aromatic rings. The van der Waals surface area contributed by atoms with Crippen molar-refractivity contribution in [1.29, 1.82) is 0 Å². The van der Waals surface area contributed by atoms with Crippen LogP contribution in [0.3, 0.4) is 0 Å². The Morgan fingerprint density at radius 1 is 0.897 bits per heavy atom. The van der Waals surface area contributed by atoms with Gasteiger partial charge in [-0.1, -0.05) is 12.1 Å². The van der Waals surface area contributed by atoms with E-state index >= 15 is 0 Å². The number of carbonyl (C=O) groups is 2. The average Bonchev–Trinajstić information content (AvgIpc) is 2.79. The van der Waals surface area contributed by atoms with Gasteiger partial charge in [-0.3, -0.25) is 14.6 Å². The Kier molecular flexibility index (Phi) is 5.71. The number of ether oxygens (including phenoxy) is 1.